The highest BCUT2D eigenvalue weighted by atomic mass is 35.5. The Morgan fingerprint density at radius 3 is 2.50 bits per heavy atom. The molecule has 3 aromatic carbocycles. The highest BCUT2D eigenvalue weighted by Gasteiger charge is 2.09. The first-order valence-corrected chi connectivity index (χ1v) is 6.81. The van der Waals surface area contributed by atoms with E-state index in [2.05, 4.69) is 0 Å². The van der Waals surface area contributed by atoms with Gasteiger partial charge in [-0.2, -0.15) is 0 Å². The summed E-state index contributed by atoms with van der Waals surface area (Å²) in [6.45, 7) is 0. The van der Waals surface area contributed by atoms with Gasteiger partial charge in [0, 0.05) is 5.56 Å². The molecule has 0 atom stereocenters. The fourth-order valence-corrected chi connectivity index (χ4v) is 2.38. The van der Waals surface area contributed by atoms with Gasteiger partial charge in [0.1, 0.15) is 17.3 Å². The van der Waals surface area contributed by atoms with Crippen LogP contribution < -0.4 is 4.74 Å². The van der Waals surface area contributed by atoms with Crippen molar-refractivity contribution in [2.24, 2.45) is 0 Å². The van der Waals surface area contributed by atoms with E-state index in [1.165, 1.54) is 6.07 Å². The number of hydrogen-bond acceptors (Lipinski definition) is 1. The van der Waals surface area contributed by atoms with Crippen LogP contribution in [-0.4, -0.2) is 0 Å². The molecule has 0 spiro atoms. The van der Waals surface area contributed by atoms with Gasteiger partial charge < -0.3 is 4.74 Å². The van der Waals surface area contributed by atoms with Crippen LogP contribution in [0.2, 0.25) is 0 Å². The molecule has 0 aliphatic heterocycles. The molecule has 0 aliphatic carbocycles. The summed E-state index contributed by atoms with van der Waals surface area (Å²) in [6.07, 6.45) is 0. The first-order valence-electron chi connectivity index (χ1n) is 6.28. The molecule has 3 rings (SSSR count). The lowest BCUT2D eigenvalue weighted by Crippen LogP contribution is -1.93. The minimum absolute atomic E-state index is 0.0790. The highest BCUT2D eigenvalue weighted by molar-refractivity contribution is 6.17. The number of hydrogen-bond donors (Lipinski definition) is 0. The Kier molecular flexibility index (Phi) is 3.57. The normalized spacial score (nSPS) is 10.7. The van der Waals surface area contributed by atoms with Crippen molar-refractivity contribution < 1.29 is 9.13 Å². The van der Waals surface area contributed by atoms with Crippen molar-refractivity contribution in [1.82, 2.24) is 0 Å². The van der Waals surface area contributed by atoms with Crippen molar-refractivity contribution in [2.75, 3.05) is 0 Å². The molecule has 0 radical (unpaired) electrons. The maximum Gasteiger partial charge on any atom is 0.134 e. The number of fused-ring (bicyclic) bond motifs is 1. The summed E-state index contributed by atoms with van der Waals surface area (Å²) < 4.78 is 19.4. The van der Waals surface area contributed by atoms with Gasteiger partial charge in [0.25, 0.3) is 0 Å². The zero-order valence-electron chi connectivity index (χ0n) is 10.6. The van der Waals surface area contributed by atoms with Crippen LogP contribution in [0.15, 0.2) is 60.7 Å². The minimum atomic E-state index is -0.349. The molecule has 20 heavy (non-hydrogen) atoms. The van der Waals surface area contributed by atoms with E-state index in [1.54, 1.807) is 12.1 Å². The monoisotopic (exact) mass is 286 g/mol. The largest absolute Gasteiger partial charge is 0.457 e. The molecule has 0 amide bonds. The fourth-order valence-electron chi connectivity index (χ4n) is 2.12. The van der Waals surface area contributed by atoms with E-state index in [0.29, 0.717) is 17.1 Å². The molecule has 0 unspecified atom stereocenters. The molecular weight excluding hydrogens is 275 g/mol. The van der Waals surface area contributed by atoms with Gasteiger partial charge in [0.15, 0.2) is 0 Å². The number of halogens is 2. The summed E-state index contributed by atoms with van der Waals surface area (Å²) >= 11 is 5.78. The summed E-state index contributed by atoms with van der Waals surface area (Å²) in [7, 11) is 0. The third kappa shape index (κ3) is 2.47. The van der Waals surface area contributed by atoms with Gasteiger partial charge in [-0.1, -0.05) is 36.4 Å². The summed E-state index contributed by atoms with van der Waals surface area (Å²) in [4.78, 5) is 0. The summed E-state index contributed by atoms with van der Waals surface area (Å²) in [6, 6.07) is 18.5. The van der Waals surface area contributed by atoms with Gasteiger partial charge in [-0.15, -0.1) is 11.6 Å². The van der Waals surface area contributed by atoms with E-state index in [9.17, 15) is 4.39 Å². The third-order valence-electron chi connectivity index (χ3n) is 3.16. The molecule has 1 nitrogen and oxygen atoms in total. The van der Waals surface area contributed by atoms with Gasteiger partial charge in [-0.3, -0.25) is 0 Å². The molecule has 0 heterocycles. The van der Waals surface area contributed by atoms with Crippen LogP contribution in [-0.2, 0) is 5.88 Å². The second kappa shape index (κ2) is 5.51. The van der Waals surface area contributed by atoms with Crippen molar-refractivity contribution in [2.45, 2.75) is 5.88 Å². The first kappa shape index (κ1) is 12.9. The maximum absolute atomic E-state index is 13.6. The van der Waals surface area contributed by atoms with Gasteiger partial charge in [0.2, 0.25) is 0 Å². The molecule has 0 saturated heterocycles. The lowest BCUT2D eigenvalue weighted by molar-refractivity contribution is 0.471. The van der Waals surface area contributed by atoms with Crippen molar-refractivity contribution in [3.8, 4) is 11.5 Å². The van der Waals surface area contributed by atoms with Crippen molar-refractivity contribution in [1.29, 1.82) is 0 Å². The fraction of sp³-hybridized carbons (Fsp3) is 0.0588. The number of benzene rings is 3. The molecular formula is C17H12ClFO. The van der Waals surface area contributed by atoms with Crippen LogP contribution in [0.5, 0.6) is 11.5 Å². The Morgan fingerprint density at radius 1 is 0.900 bits per heavy atom. The van der Waals surface area contributed by atoms with Gasteiger partial charge in [-0.25, -0.2) is 4.39 Å². The number of ether oxygens (including phenoxy) is 1. The molecule has 0 aliphatic rings. The van der Waals surface area contributed by atoms with Gasteiger partial charge in [-0.05, 0) is 35.0 Å². The lowest BCUT2D eigenvalue weighted by Gasteiger charge is -2.10. The minimum Gasteiger partial charge on any atom is -0.457 e. The van der Waals surface area contributed by atoms with Gasteiger partial charge >= 0.3 is 0 Å². The Labute approximate surface area is 121 Å². The molecule has 0 aromatic heterocycles. The second-order valence-corrected chi connectivity index (χ2v) is 4.73. The molecule has 0 fully saturated rings. The topological polar surface area (TPSA) is 9.23 Å². The van der Waals surface area contributed by atoms with Crippen LogP contribution >= 0.6 is 11.6 Å². The Hall–Kier alpha value is -2.06. The smallest absolute Gasteiger partial charge is 0.134 e. The molecule has 3 aromatic rings. The zero-order valence-corrected chi connectivity index (χ0v) is 11.4. The summed E-state index contributed by atoms with van der Waals surface area (Å²) in [5, 5.41) is 2.21. The lowest BCUT2D eigenvalue weighted by atomic mass is 10.1. The molecule has 3 heteroatoms. The van der Waals surface area contributed by atoms with E-state index in [4.69, 9.17) is 16.3 Å². The van der Waals surface area contributed by atoms with Crippen molar-refractivity contribution in [3.63, 3.8) is 0 Å². The van der Waals surface area contributed by atoms with Crippen LogP contribution in [0.25, 0.3) is 10.8 Å². The number of alkyl halides is 1. The van der Waals surface area contributed by atoms with E-state index in [1.807, 2.05) is 42.5 Å². The van der Waals surface area contributed by atoms with Crippen molar-refractivity contribution in [3.05, 3.63) is 72.0 Å². The maximum atomic E-state index is 13.6. The van der Waals surface area contributed by atoms with Crippen molar-refractivity contribution >= 4 is 22.4 Å². The average molecular weight is 287 g/mol. The molecule has 0 bridgehead atoms. The van der Waals surface area contributed by atoms with E-state index in [-0.39, 0.29) is 11.7 Å². The Morgan fingerprint density at radius 2 is 1.70 bits per heavy atom. The van der Waals surface area contributed by atoms with Crippen LogP contribution in [0.1, 0.15) is 5.56 Å². The second-order valence-electron chi connectivity index (χ2n) is 4.46. The standard InChI is InChI=1S/C17H12ClFO/c18-11-15-16(19)6-3-7-17(15)20-14-9-8-12-4-1-2-5-13(12)10-14/h1-10H,11H2. The highest BCUT2D eigenvalue weighted by Crippen LogP contribution is 2.30. The van der Waals surface area contributed by atoms with E-state index in [0.717, 1.165) is 10.8 Å². The first-order chi connectivity index (χ1) is 9.78. The molecule has 100 valence electrons. The quantitative estimate of drug-likeness (QED) is 0.577. The van der Waals surface area contributed by atoms with Gasteiger partial charge in [0.05, 0.1) is 5.88 Å². The Balaban J connectivity index is 1.99. The van der Waals surface area contributed by atoms with E-state index < -0.39 is 0 Å². The van der Waals surface area contributed by atoms with Crippen LogP contribution in [0, 0.1) is 5.82 Å². The van der Waals surface area contributed by atoms with Crippen LogP contribution in [0.3, 0.4) is 0 Å². The third-order valence-corrected chi connectivity index (χ3v) is 3.43. The summed E-state index contributed by atoms with van der Waals surface area (Å²) in [5.74, 6) is 0.851. The Bertz CT molecular complexity index is 755. The van der Waals surface area contributed by atoms with Crippen LogP contribution in [0.4, 0.5) is 4.39 Å². The number of rotatable bonds is 3. The average Bonchev–Trinajstić information content (AvgIpc) is 2.47. The zero-order chi connectivity index (χ0) is 13.9. The molecule has 0 saturated carbocycles. The SMILES string of the molecule is Fc1cccc(Oc2ccc3ccccc3c2)c1CCl. The summed E-state index contributed by atoms with van der Waals surface area (Å²) in [5.41, 5.74) is 0.377. The molecule has 0 N–H and O–H groups in total. The predicted molar refractivity (Wildman–Crippen MR) is 80.0 cm³/mol. The van der Waals surface area contributed by atoms with E-state index >= 15 is 0 Å². The predicted octanol–water partition coefficient (Wildman–Crippen LogP) is 5.51.